The number of alkyl halides is 1. The zero-order valence-corrected chi connectivity index (χ0v) is 32.0. The lowest BCUT2D eigenvalue weighted by Gasteiger charge is -2.42. The van der Waals surface area contributed by atoms with Crippen molar-refractivity contribution in [2.45, 2.75) is 102 Å². The van der Waals surface area contributed by atoms with Crippen LogP contribution in [0.4, 0.5) is 24.4 Å². The highest BCUT2D eigenvalue weighted by Crippen LogP contribution is 2.49. The number of likely N-dealkylation sites (tertiary alicyclic amines) is 1. The van der Waals surface area contributed by atoms with Crippen LogP contribution in [0.3, 0.4) is 0 Å². The van der Waals surface area contributed by atoms with Gasteiger partial charge >= 0.3 is 12.1 Å². The van der Waals surface area contributed by atoms with E-state index in [0.717, 1.165) is 57.4 Å². The summed E-state index contributed by atoms with van der Waals surface area (Å²) in [5.74, 6) is 0.119. The number of hydrogen-bond donors (Lipinski definition) is 1. The molecule has 2 bridgehead atoms. The molecule has 11 nitrogen and oxygen atoms in total. The minimum atomic E-state index is -0.909. The van der Waals surface area contributed by atoms with E-state index in [9.17, 15) is 14.4 Å². The number of benzene rings is 2. The standard InChI is InChI=1S/C40H45F2N7O4S/c1-5-47-17-23-10-11-24(18-47)49(23)35-32-28-20-51-19-27(28)31(25-8-6-9-29-30(25)26(15-43)36(54-29)46-38(50)53-39(2,3)4)33(42)34(32)44-37(45-35)52-21-40-12-7-13-48(40)16-22(41)14-40/h6,8-9,22-24H,5,7,10-14,16-21H2,1-4H3,(H,46,50)/t22-,23?,24?,40+/m1/s1. The van der Waals surface area contributed by atoms with Crippen molar-refractivity contribution in [3.63, 3.8) is 0 Å². The summed E-state index contributed by atoms with van der Waals surface area (Å²) in [6, 6.07) is 8.25. The number of fused-ring (bicyclic) bond motifs is 7. The molecule has 2 aromatic carbocycles. The Morgan fingerprint density at radius 1 is 1.15 bits per heavy atom. The lowest BCUT2D eigenvalue weighted by molar-refractivity contribution is 0.0636. The molecule has 4 atom stereocenters. The van der Waals surface area contributed by atoms with Gasteiger partial charge in [-0.3, -0.25) is 15.1 Å². The molecule has 284 valence electrons. The van der Waals surface area contributed by atoms with Gasteiger partial charge in [0.1, 0.15) is 40.8 Å². The molecule has 4 fully saturated rings. The topological polar surface area (TPSA) is 116 Å². The Hall–Kier alpha value is -4.16. The fourth-order valence-corrected chi connectivity index (χ4v) is 10.8. The van der Waals surface area contributed by atoms with E-state index in [-0.39, 0.29) is 49.0 Å². The second kappa shape index (κ2) is 13.3. The summed E-state index contributed by atoms with van der Waals surface area (Å²) in [5.41, 5.74) is 1.56. The van der Waals surface area contributed by atoms with Gasteiger partial charge in [-0.05, 0) is 82.3 Å². The van der Waals surface area contributed by atoms with Gasteiger partial charge in [0, 0.05) is 53.8 Å². The summed E-state index contributed by atoms with van der Waals surface area (Å²) in [6.45, 7) is 12.1. The van der Waals surface area contributed by atoms with Gasteiger partial charge in [0.15, 0.2) is 5.82 Å². The molecule has 5 aliphatic rings. The second-order valence-corrected chi connectivity index (χ2v) is 17.5. The van der Waals surface area contributed by atoms with E-state index in [1.54, 1.807) is 26.8 Å². The van der Waals surface area contributed by atoms with Crippen LogP contribution >= 0.6 is 11.3 Å². The first-order valence-corrected chi connectivity index (χ1v) is 19.9. The van der Waals surface area contributed by atoms with Gasteiger partial charge in [-0.1, -0.05) is 19.1 Å². The molecular weight excluding hydrogens is 713 g/mol. The van der Waals surface area contributed by atoms with Crippen LogP contribution in [-0.2, 0) is 22.7 Å². The van der Waals surface area contributed by atoms with Gasteiger partial charge in [0.25, 0.3) is 0 Å². The largest absolute Gasteiger partial charge is 0.461 e. The van der Waals surface area contributed by atoms with Crippen LogP contribution in [0.15, 0.2) is 18.2 Å². The summed E-state index contributed by atoms with van der Waals surface area (Å²) in [6.07, 6.45) is 2.64. The van der Waals surface area contributed by atoms with Crippen molar-refractivity contribution >= 4 is 49.2 Å². The smallest absolute Gasteiger partial charge is 0.412 e. The lowest BCUT2D eigenvalue weighted by Crippen LogP contribution is -2.54. The van der Waals surface area contributed by atoms with Gasteiger partial charge in [-0.2, -0.15) is 15.2 Å². The third kappa shape index (κ3) is 5.86. The van der Waals surface area contributed by atoms with Crippen LogP contribution in [0.5, 0.6) is 6.01 Å². The Kier molecular flexibility index (Phi) is 8.72. The van der Waals surface area contributed by atoms with Crippen LogP contribution < -0.4 is 15.0 Å². The number of nitrogens with zero attached hydrogens (tertiary/aromatic N) is 6. The highest BCUT2D eigenvalue weighted by molar-refractivity contribution is 7.23. The molecule has 4 saturated heterocycles. The number of amides is 1. The minimum absolute atomic E-state index is 0.0809. The van der Waals surface area contributed by atoms with Crippen LogP contribution in [0.2, 0.25) is 0 Å². The Balaban J connectivity index is 1.21. The number of nitrogens with one attached hydrogen (secondary N) is 1. The predicted octanol–water partition coefficient (Wildman–Crippen LogP) is 7.53. The summed E-state index contributed by atoms with van der Waals surface area (Å²) >= 11 is 1.24. The average Bonchev–Trinajstić information content (AvgIpc) is 3.94. The number of hydrogen-bond acceptors (Lipinski definition) is 11. The average molecular weight is 758 g/mol. The zero-order valence-electron chi connectivity index (χ0n) is 31.1. The molecule has 0 radical (unpaired) electrons. The monoisotopic (exact) mass is 757 g/mol. The van der Waals surface area contributed by atoms with E-state index < -0.39 is 29.2 Å². The first-order valence-electron chi connectivity index (χ1n) is 19.1. The fourth-order valence-electron chi connectivity index (χ4n) is 9.71. The lowest BCUT2D eigenvalue weighted by atomic mass is 9.90. The molecule has 7 heterocycles. The zero-order chi connectivity index (χ0) is 37.5. The van der Waals surface area contributed by atoms with E-state index in [1.807, 2.05) is 12.1 Å². The van der Waals surface area contributed by atoms with Crippen molar-refractivity contribution in [1.29, 1.82) is 5.26 Å². The normalized spacial score (nSPS) is 25.4. The van der Waals surface area contributed by atoms with Crippen LogP contribution in [0.25, 0.3) is 32.1 Å². The number of piperazine rings is 1. The van der Waals surface area contributed by atoms with E-state index in [1.165, 1.54) is 11.3 Å². The quantitative estimate of drug-likeness (QED) is 0.203. The molecule has 5 aliphatic heterocycles. The molecule has 0 spiro atoms. The van der Waals surface area contributed by atoms with Crippen LogP contribution in [0.1, 0.15) is 76.5 Å². The van der Waals surface area contributed by atoms with Crippen LogP contribution in [0, 0.1) is 17.1 Å². The van der Waals surface area contributed by atoms with Crippen molar-refractivity contribution in [1.82, 2.24) is 19.8 Å². The van der Waals surface area contributed by atoms with Gasteiger partial charge in [-0.25, -0.2) is 13.6 Å². The van der Waals surface area contributed by atoms with Crippen molar-refractivity contribution in [2.24, 2.45) is 0 Å². The number of rotatable bonds is 7. The number of carbonyl (C=O) groups excluding carboxylic acids is 1. The van der Waals surface area contributed by atoms with Crippen molar-refractivity contribution in [2.75, 3.05) is 49.5 Å². The third-order valence-corrected chi connectivity index (χ3v) is 13.0. The number of nitriles is 1. The molecular formula is C40H45F2N7O4S. The van der Waals surface area contributed by atoms with Crippen molar-refractivity contribution < 1.29 is 27.8 Å². The summed E-state index contributed by atoms with van der Waals surface area (Å²) in [5, 5.41) is 14.7. The molecule has 2 aromatic heterocycles. The maximum Gasteiger partial charge on any atom is 0.412 e. The second-order valence-electron chi connectivity index (χ2n) is 16.4. The molecule has 2 unspecified atom stereocenters. The van der Waals surface area contributed by atoms with Crippen molar-refractivity contribution in [3.8, 4) is 23.2 Å². The third-order valence-electron chi connectivity index (χ3n) is 11.9. The van der Waals surface area contributed by atoms with Gasteiger partial charge in [-0.15, -0.1) is 11.3 Å². The number of halogens is 2. The first-order chi connectivity index (χ1) is 26.0. The van der Waals surface area contributed by atoms with Crippen LogP contribution in [-0.4, -0.2) is 94.6 Å². The van der Waals surface area contributed by atoms with Gasteiger partial charge in [0.05, 0.1) is 29.7 Å². The molecule has 1 N–H and O–H groups in total. The summed E-state index contributed by atoms with van der Waals surface area (Å²) in [7, 11) is 0. The number of likely N-dealkylation sites (N-methyl/N-ethyl adjacent to an activating group) is 1. The summed E-state index contributed by atoms with van der Waals surface area (Å²) in [4.78, 5) is 29.8. The van der Waals surface area contributed by atoms with E-state index in [4.69, 9.17) is 24.2 Å². The number of thiophene rings is 1. The molecule has 14 heteroatoms. The number of carbonyl (C=O) groups is 1. The van der Waals surface area contributed by atoms with Crippen molar-refractivity contribution in [3.05, 3.63) is 40.7 Å². The SMILES string of the molecule is CCN1CC2CCC(C1)N2c1nc(OC[C@@]23CCCN2C[C@H](F)C3)nc2c(F)c(-c3cccc4sc(NC(=O)OC(C)(C)C)c(C#N)c34)c3c(c12)COC3. The Bertz CT molecular complexity index is 2200. The number of ether oxygens (including phenoxy) is 3. The van der Waals surface area contributed by atoms with E-state index >= 15 is 4.39 Å². The molecule has 0 aliphatic carbocycles. The molecule has 0 saturated carbocycles. The molecule has 4 aromatic rings. The highest BCUT2D eigenvalue weighted by atomic mass is 32.1. The Morgan fingerprint density at radius 2 is 1.93 bits per heavy atom. The Morgan fingerprint density at radius 3 is 2.67 bits per heavy atom. The van der Waals surface area contributed by atoms with Gasteiger partial charge in [0.2, 0.25) is 0 Å². The first kappa shape index (κ1) is 35.5. The molecule has 1 amide bonds. The van der Waals surface area contributed by atoms with E-state index in [0.29, 0.717) is 55.9 Å². The predicted molar refractivity (Wildman–Crippen MR) is 203 cm³/mol. The fraction of sp³-hybridized carbons (Fsp3) is 0.550. The Labute approximate surface area is 317 Å². The summed E-state index contributed by atoms with van der Waals surface area (Å²) < 4.78 is 51.3. The molecule has 9 rings (SSSR count). The number of anilines is 2. The van der Waals surface area contributed by atoms with Gasteiger partial charge < -0.3 is 19.1 Å². The van der Waals surface area contributed by atoms with E-state index in [2.05, 4.69) is 33.0 Å². The highest BCUT2D eigenvalue weighted by Gasteiger charge is 2.50. The maximum atomic E-state index is 17.8. The number of aromatic nitrogens is 2. The minimum Gasteiger partial charge on any atom is -0.461 e. The molecule has 54 heavy (non-hydrogen) atoms. The maximum absolute atomic E-state index is 17.8.